The molecule has 6 nitrogen and oxygen atoms in total. The Morgan fingerprint density at radius 2 is 1.48 bits per heavy atom. The summed E-state index contributed by atoms with van der Waals surface area (Å²) < 4.78 is 23.7. The van der Waals surface area contributed by atoms with E-state index in [0.29, 0.717) is 53.7 Å². The van der Waals surface area contributed by atoms with Gasteiger partial charge in [-0.15, -0.1) is 0 Å². The molecule has 0 aromatic heterocycles. The first-order chi connectivity index (χ1) is 15.0. The second-order valence-electron chi connectivity index (χ2n) is 7.03. The number of nitrogens with zero attached hydrogens (tertiary/aromatic N) is 2. The van der Waals surface area contributed by atoms with Gasteiger partial charge in [0.05, 0.1) is 25.3 Å². The summed E-state index contributed by atoms with van der Waals surface area (Å²) in [5.41, 5.74) is 1.85. The molecule has 1 heterocycles. The van der Waals surface area contributed by atoms with Crippen LogP contribution in [-0.4, -0.2) is 62.1 Å². The minimum Gasteiger partial charge on any atom is -0.383 e. The maximum atomic E-state index is 13.4. The number of amides is 2. The highest BCUT2D eigenvalue weighted by Crippen LogP contribution is 2.33. The molecule has 0 atom stereocenters. The van der Waals surface area contributed by atoms with Gasteiger partial charge in [-0.05, 0) is 35.4 Å². The third kappa shape index (κ3) is 5.31. The molecular weight excluding hydrogens is 423 g/mol. The first kappa shape index (κ1) is 22.9. The minimum absolute atomic E-state index is 0.0426. The highest BCUT2D eigenvalue weighted by Gasteiger charge is 2.41. The van der Waals surface area contributed by atoms with Gasteiger partial charge in [-0.3, -0.25) is 14.5 Å². The van der Waals surface area contributed by atoms with Crippen molar-refractivity contribution >= 4 is 29.0 Å². The number of rotatable bonds is 10. The topological polar surface area (TPSA) is 59.1 Å². The molecule has 0 spiro atoms. The van der Waals surface area contributed by atoms with Gasteiger partial charge in [-0.2, -0.15) is 0 Å². The van der Waals surface area contributed by atoms with Crippen LogP contribution in [-0.2, 0) is 25.6 Å². The summed E-state index contributed by atoms with van der Waals surface area (Å²) in [4.78, 5) is 29.8. The molecule has 0 saturated carbocycles. The van der Waals surface area contributed by atoms with Gasteiger partial charge in [-0.1, -0.05) is 35.9 Å². The lowest BCUT2D eigenvalue weighted by Gasteiger charge is -2.25. The Bertz CT molecular complexity index is 953. The molecule has 3 rings (SSSR count). The van der Waals surface area contributed by atoms with Crippen LogP contribution in [0.15, 0.2) is 54.2 Å². The van der Waals surface area contributed by atoms with E-state index in [1.54, 1.807) is 50.6 Å². The highest BCUT2D eigenvalue weighted by atomic mass is 35.5. The summed E-state index contributed by atoms with van der Waals surface area (Å²) in [5, 5.41) is 0.529. The third-order valence-corrected chi connectivity index (χ3v) is 5.23. The van der Waals surface area contributed by atoms with E-state index in [1.165, 1.54) is 17.0 Å². The Morgan fingerprint density at radius 1 is 0.903 bits per heavy atom. The van der Waals surface area contributed by atoms with E-state index < -0.39 is 11.8 Å². The number of hydrogen-bond acceptors (Lipinski definition) is 5. The zero-order chi connectivity index (χ0) is 22.4. The molecule has 0 bridgehead atoms. The Morgan fingerprint density at radius 3 is 2.03 bits per heavy atom. The Labute approximate surface area is 185 Å². The number of ether oxygens (including phenoxy) is 2. The molecule has 0 radical (unpaired) electrons. The SMILES string of the molecule is COCCN(CCOC)C1=C(c2ccc(Cl)cc2)C(=O)N(Cc2ccc(F)cc2)C1=O. The average Bonchev–Trinajstić information content (AvgIpc) is 3.01. The summed E-state index contributed by atoms with van der Waals surface area (Å²) in [6, 6.07) is 12.5. The van der Waals surface area contributed by atoms with Gasteiger partial charge in [0.1, 0.15) is 11.5 Å². The zero-order valence-electron chi connectivity index (χ0n) is 17.4. The van der Waals surface area contributed by atoms with Crippen molar-refractivity contribution in [2.45, 2.75) is 6.54 Å². The van der Waals surface area contributed by atoms with E-state index in [9.17, 15) is 14.0 Å². The van der Waals surface area contributed by atoms with E-state index in [-0.39, 0.29) is 12.4 Å². The summed E-state index contributed by atoms with van der Waals surface area (Å²) in [6.07, 6.45) is 0. The van der Waals surface area contributed by atoms with Crippen molar-refractivity contribution in [3.05, 3.63) is 76.2 Å². The molecule has 8 heteroatoms. The molecule has 2 amide bonds. The fraction of sp³-hybridized carbons (Fsp3) is 0.304. The number of methoxy groups -OCH3 is 2. The van der Waals surface area contributed by atoms with Crippen LogP contribution in [0.25, 0.3) is 5.57 Å². The summed E-state index contributed by atoms with van der Waals surface area (Å²) >= 11 is 6.02. The predicted molar refractivity (Wildman–Crippen MR) is 116 cm³/mol. The second-order valence-corrected chi connectivity index (χ2v) is 7.46. The molecule has 0 unspecified atom stereocenters. The van der Waals surface area contributed by atoms with E-state index in [0.717, 1.165) is 0 Å². The van der Waals surface area contributed by atoms with E-state index in [1.807, 2.05) is 4.90 Å². The zero-order valence-corrected chi connectivity index (χ0v) is 18.2. The van der Waals surface area contributed by atoms with Gasteiger partial charge in [-0.25, -0.2) is 4.39 Å². The fourth-order valence-corrected chi connectivity index (χ4v) is 3.51. The number of carbonyl (C=O) groups is 2. The number of benzene rings is 2. The molecule has 0 aliphatic carbocycles. The van der Waals surface area contributed by atoms with Crippen molar-refractivity contribution in [1.82, 2.24) is 9.80 Å². The third-order valence-electron chi connectivity index (χ3n) is 4.98. The maximum absolute atomic E-state index is 13.4. The van der Waals surface area contributed by atoms with Crippen LogP contribution in [0.1, 0.15) is 11.1 Å². The Kier molecular flexibility index (Phi) is 7.79. The largest absolute Gasteiger partial charge is 0.383 e. The van der Waals surface area contributed by atoms with Crippen LogP contribution in [0.5, 0.6) is 0 Å². The summed E-state index contributed by atoms with van der Waals surface area (Å²) in [7, 11) is 3.15. The maximum Gasteiger partial charge on any atom is 0.278 e. The van der Waals surface area contributed by atoms with E-state index >= 15 is 0 Å². The molecule has 0 fully saturated rings. The van der Waals surface area contributed by atoms with Gasteiger partial charge >= 0.3 is 0 Å². The molecular formula is C23H24ClFN2O4. The van der Waals surface area contributed by atoms with Crippen molar-refractivity contribution < 1.29 is 23.5 Å². The average molecular weight is 447 g/mol. The molecule has 1 aliphatic rings. The quantitative estimate of drug-likeness (QED) is 0.524. The molecule has 2 aromatic carbocycles. The van der Waals surface area contributed by atoms with Crippen LogP contribution < -0.4 is 0 Å². The monoisotopic (exact) mass is 446 g/mol. The first-order valence-corrected chi connectivity index (χ1v) is 10.2. The van der Waals surface area contributed by atoms with Gasteiger partial charge in [0.2, 0.25) is 0 Å². The minimum atomic E-state index is -0.411. The Hall–Kier alpha value is -2.74. The molecule has 2 aromatic rings. The van der Waals surface area contributed by atoms with Gasteiger partial charge in [0, 0.05) is 32.3 Å². The van der Waals surface area contributed by atoms with Crippen LogP contribution in [0.4, 0.5) is 4.39 Å². The smallest absolute Gasteiger partial charge is 0.278 e. The predicted octanol–water partition coefficient (Wildman–Crippen LogP) is 3.35. The van der Waals surface area contributed by atoms with Crippen molar-refractivity contribution in [3.8, 4) is 0 Å². The first-order valence-electron chi connectivity index (χ1n) is 9.80. The standard InChI is InChI=1S/C23H24ClFN2O4/c1-30-13-11-26(12-14-31-2)21-20(17-5-7-18(24)8-6-17)22(28)27(23(21)29)15-16-3-9-19(25)10-4-16/h3-10H,11-15H2,1-2H3. The Balaban J connectivity index is 2.02. The van der Waals surface area contributed by atoms with Crippen molar-refractivity contribution in [2.75, 3.05) is 40.5 Å². The molecule has 1 aliphatic heterocycles. The highest BCUT2D eigenvalue weighted by molar-refractivity contribution is 6.35. The van der Waals surface area contributed by atoms with Crippen LogP contribution in [0.2, 0.25) is 5.02 Å². The summed E-state index contributed by atoms with van der Waals surface area (Å²) in [6.45, 7) is 1.62. The molecule has 164 valence electrons. The van der Waals surface area contributed by atoms with E-state index in [2.05, 4.69) is 0 Å². The van der Waals surface area contributed by atoms with Gasteiger partial charge < -0.3 is 14.4 Å². The van der Waals surface area contributed by atoms with Crippen molar-refractivity contribution in [2.24, 2.45) is 0 Å². The fourth-order valence-electron chi connectivity index (χ4n) is 3.39. The molecule has 0 saturated heterocycles. The second kappa shape index (κ2) is 10.5. The van der Waals surface area contributed by atoms with Crippen molar-refractivity contribution in [1.29, 1.82) is 0 Å². The van der Waals surface area contributed by atoms with Gasteiger partial charge in [0.15, 0.2) is 0 Å². The van der Waals surface area contributed by atoms with Gasteiger partial charge in [0.25, 0.3) is 11.8 Å². The molecule has 31 heavy (non-hydrogen) atoms. The lowest BCUT2D eigenvalue weighted by atomic mass is 10.0. The van der Waals surface area contributed by atoms with Crippen LogP contribution in [0, 0.1) is 5.82 Å². The lowest BCUT2D eigenvalue weighted by molar-refractivity contribution is -0.138. The molecule has 0 N–H and O–H groups in total. The number of halogens is 2. The van der Waals surface area contributed by atoms with E-state index in [4.69, 9.17) is 21.1 Å². The number of imide groups is 1. The number of hydrogen-bond donors (Lipinski definition) is 0. The number of carbonyl (C=O) groups excluding carboxylic acids is 2. The lowest BCUT2D eigenvalue weighted by Crippen LogP contribution is -2.37. The van der Waals surface area contributed by atoms with Crippen molar-refractivity contribution in [3.63, 3.8) is 0 Å². The van der Waals surface area contributed by atoms with Crippen LogP contribution >= 0.6 is 11.6 Å². The normalized spacial score (nSPS) is 14.0. The summed E-state index contributed by atoms with van der Waals surface area (Å²) in [5.74, 6) is -1.20. The van der Waals surface area contributed by atoms with Crippen LogP contribution in [0.3, 0.4) is 0 Å².